The van der Waals surface area contributed by atoms with E-state index in [9.17, 15) is 14.7 Å². The Kier molecular flexibility index (Phi) is 4.98. The van der Waals surface area contributed by atoms with Gasteiger partial charge in [0.05, 0.1) is 12.6 Å². The van der Waals surface area contributed by atoms with Gasteiger partial charge in [0.25, 0.3) is 0 Å². The molecule has 0 spiro atoms. The van der Waals surface area contributed by atoms with Crippen LogP contribution in [0.15, 0.2) is 0 Å². The highest BCUT2D eigenvalue weighted by Gasteiger charge is 2.30. The molecule has 0 aromatic heterocycles. The van der Waals surface area contributed by atoms with Crippen LogP contribution in [0.2, 0.25) is 0 Å². The Morgan fingerprint density at radius 1 is 1.56 bits per heavy atom. The molecule has 18 heavy (non-hydrogen) atoms. The molecule has 0 aromatic rings. The van der Waals surface area contributed by atoms with Crippen molar-refractivity contribution in [2.45, 2.75) is 19.4 Å². The number of aliphatic hydroxyl groups excluding tert-OH is 1. The van der Waals surface area contributed by atoms with Gasteiger partial charge in [0.1, 0.15) is 6.54 Å². The molecule has 2 unspecified atom stereocenters. The Bertz CT molecular complexity index is 364. The molecule has 1 rings (SSSR count). The maximum absolute atomic E-state index is 12.1. The van der Waals surface area contributed by atoms with Crippen molar-refractivity contribution >= 4 is 12.0 Å². The van der Waals surface area contributed by atoms with Crippen LogP contribution in [0.3, 0.4) is 0 Å². The number of carbonyl (C=O) groups is 2. The summed E-state index contributed by atoms with van der Waals surface area (Å²) in [4.78, 5) is 25.3. The summed E-state index contributed by atoms with van der Waals surface area (Å²) < 4.78 is 0. The summed E-state index contributed by atoms with van der Waals surface area (Å²) in [5.41, 5.74) is 0. The largest absolute Gasteiger partial charge is 0.480 e. The van der Waals surface area contributed by atoms with Gasteiger partial charge in [-0.15, -0.1) is 6.42 Å². The van der Waals surface area contributed by atoms with Crippen molar-refractivity contribution in [3.63, 3.8) is 0 Å². The molecule has 2 N–H and O–H groups in total. The van der Waals surface area contributed by atoms with Gasteiger partial charge in [-0.1, -0.05) is 12.8 Å². The molecule has 0 saturated carbocycles. The number of hydrogen-bond donors (Lipinski definition) is 2. The summed E-state index contributed by atoms with van der Waals surface area (Å²) in [6.45, 7) is 2.18. The van der Waals surface area contributed by atoms with Gasteiger partial charge in [0, 0.05) is 13.1 Å². The highest BCUT2D eigenvalue weighted by Crippen LogP contribution is 2.18. The maximum atomic E-state index is 12.1. The van der Waals surface area contributed by atoms with Crippen LogP contribution in [0.25, 0.3) is 0 Å². The lowest BCUT2D eigenvalue weighted by atomic mass is 9.96. The second-order valence-corrected chi connectivity index (χ2v) is 4.52. The van der Waals surface area contributed by atoms with E-state index in [0.717, 1.165) is 4.90 Å². The number of carboxylic acid groups (broad SMARTS) is 1. The maximum Gasteiger partial charge on any atom is 0.323 e. The number of piperidine rings is 1. The summed E-state index contributed by atoms with van der Waals surface area (Å²) in [5, 5.41) is 18.4. The number of hydrogen-bond acceptors (Lipinski definition) is 3. The summed E-state index contributed by atoms with van der Waals surface area (Å²) in [6.07, 6.45) is 5.25. The number of terminal acetylenes is 1. The predicted octanol–water partition coefficient (Wildman–Crippen LogP) is -0.171. The second-order valence-electron chi connectivity index (χ2n) is 4.52. The average Bonchev–Trinajstić information content (AvgIpc) is 2.31. The molecule has 1 heterocycles. The third-order valence-electron chi connectivity index (χ3n) is 3.07. The van der Waals surface area contributed by atoms with Crippen LogP contribution < -0.4 is 0 Å². The van der Waals surface area contributed by atoms with Crippen molar-refractivity contribution in [2.24, 2.45) is 5.92 Å². The normalized spacial score (nSPS) is 23.3. The van der Waals surface area contributed by atoms with Crippen molar-refractivity contribution in [1.82, 2.24) is 9.80 Å². The van der Waals surface area contributed by atoms with Gasteiger partial charge >= 0.3 is 12.0 Å². The van der Waals surface area contributed by atoms with E-state index in [0.29, 0.717) is 13.0 Å². The van der Waals surface area contributed by atoms with Gasteiger partial charge in [0.15, 0.2) is 0 Å². The predicted molar refractivity (Wildman–Crippen MR) is 64.8 cm³/mol. The fourth-order valence-corrected chi connectivity index (χ4v) is 1.89. The second kappa shape index (κ2) is 6.26. The van der Waals surface area contributed by atoms with Crippen LogP contribution in [0.1, 0.15) is 13.3 Å². The van der Waals surface area contributed by atoms with Crippen LogP contribution in [-0.2, 0) is 4.79 Å². The Balaban J connectivity index is 2.65. The molecule has 2 amide bonds. The van der Waals surface area contributed by atoms with Gasteiger partial charge in [-0.3, -0.25) is 4.79 Å². The Morgan fingerprint density at radius 2 is 2.22 bits per heavy atom. The molecule has 0 bridgehead atoms. The molecule has 6 heteroatoms. The zero-order valence-electron chi connectivity index (χ0n) is 10.4. The highest BCUT2D eigenvalue weighted by atomic mass is 16.4. The topological polar surface area (TPSA) is 81.1 Å². The monoisotopic (exact) mass is 254 g/mol. The number of β-amino-alcohol motifs (C(OH)–C–C–N with tert-alkyl or cyclic N) is 1. The molecule has 0 radical (unpaired) electrons. The average molecular weight is 254 g/mol. The van der Waals surface area contributed by atoms with Gasteiger partial charge in [-0.05, 0) is 12.3 Å². The van der Waals surface area contributed by atoms with Gasteiger partial charge in [0.2, 0.25) is 0 Å². The van der Waals surface area contributed by atoms with Gasteiger partial charge in [-0.2, -0.15) is 0 Å². The summed E-state index contributed by atoms with van der Waals surface area (Å²) in [5.74, 6) is 1.31. The first kappa shape index (κ1) is 14.3. The lowest BCUT2D eigenvalue weighted by molar-refractivity contribution is -0.137. The number of urea groups is 1. The van der Waals surface area contributed by atoms with Crippen molar-refractivity contribution in [1.29, 1.82) is 0 Å². The van der Waals surface area contributed by atoms with Crippen LogP contribution in [0.5, 0.6) is 0 Å². The first-order chi connectivity index (χ1) is 8.45. The number of rotatable bonds is 3. The highest BCUT2D eigenvalue weighted by molar-refractivity contribution is 5.80. The molecule has 1 fully saturated rings. The number of aliphatic carboxylic acids is 1. The zero-order chi connectivity index (χ0) is 13.7. The third kappa shape index (κ3) is 3.64. The molecule has 0 aromatic carbocycles. The first-order valence-corrected chi connectivity index (χ1v) is 5.83. The minimum atomic E-state index is -1.11. The molecule has 2 atom stereocenters. The molecule has 100 valence electrons. The zero-order valence-corrected chi connectivity index (χ0v) is 10.4. The Morgan fingerprint density at radius 3 is 2.72 bits per heavy atom. The van der Waals surface area contributed by atoms with E-state index in [4.69, 9.17) is 11.5 Å². The SMILES string of the molecule is C#CCN(CC(=O)O)C(=O)N1CCC(C)C(O)C1. The Labute approximate surface area is 106 Å². The van der Waals surface area contributed by atoms with E-state index < -0.39 is 24.6 Å². The van der Waals surface area contributed by atoms with Crippen LogP contribution in [-0.4, -0.2) is 64.3 Å². The number of nitrogens with zero attached hydrogens (tertiary/aromatic N) is 2. The van der Waals surface area contributed by atoms with E-state index >= 15 is 0 Å². The van der Waals surface area contributed by atoms with E-state index in [2.05, 4.69) is 5.92 Å². The quantitative estimate of drug-likeness (QED) is 0.685. The number of aliphatic hydroxyl groups is 1. The molecular weight excluding hydrogens is 236 g/mol. The summed E-state index contributed by atoms with van der Waals surface area (Å²) >= 11 is 0. The van der Waals surface area contributed by atoms with Gasteiger partial charge in [-0.25, -0.2) is 4.79 Å². The number of carboxylic acids is 1. The summed E-state index contributed by atoms with van der Waals surface area (Å²) in [7, 11) is 0. The van der Waals surface area contributed by atoms with Crippen molar-refractivity contribution in [3.8, 4) is 12.3 Å². The van der Waals surface area contributed by atoms with Crippen molar-refractivity contribution in [2.75, 3.05) is 26.2 Å². The smallest absolute Gasteiger partial charge is 0.323 e. The first-order valence-electron chi connectivity index (χ1n) is 5.83. The standard InChI is InChI=1S/C12H18N2O4/c1-3-5-13(8-11(16)17)12(18)14-6-4-9(2)10(15)7-14/h1,9-10,15H,4-8H2,2H3,(H,16,17). The van der Waals surface area contributed by atoms with Gasteiger partial charge < -0.3 is 20.0 Å². The van der Waals surface area contributed by atoms with Crippen LogP contribution >= 0.6 is 0 Å². The van der Waals surface area contributed by atoms with Crippen LogP contribution in [0, 0.1) is 18.3 Å². The minimum Gasteiger partial charge on any atom is -0.480 e. The van der Waals surface area contributed by atoms with E-state index in [-0.39, 0.29) is 19.0 Å². The number of amides is 2. The van der Waals surface area contributed by atoms with E-state index in [1.807, 2.05) is 6.92 Å². The van der Waals surface area contributed by atoms with Crippen molar-refractivity contribution < 1.29 is 19.8 Å². The number of likely N-dealkylation sites (tertiary alicyclic amines) is 1. The molecular formula is C12H18N2O4. The minimum absolute atomic E-state index is 0.0483. The third-order valence-corrected chi connectivity index (χ3v) is 3.07. The molecule has 6 nitrogen and oxygen atoms in total. The van der Waals surface area contributed by atoms with E-state index in [1.54, 1.807) is 0 Å². The van der Waals surface area contributed by atoms with E-state index in [1.165, 1.54) is 4.90 Å². The lowest BCUT2D eigenvalue weighted by Crippen LogP contribution is -2.52. The Hall–Kier alpha value is -1.74. The van der Waals surface area contributed by atoms with Crippen LogP contribution in [0.4, 0.5) is 4.79 Å². The molecule has 1 aliphatic rings. The fraction of sp³-hybridized carbons (Fsp3) is 0.667. The number of carbonyl (C=O) groups excluding carboxylic acids is 1. The van der Waals surface area contributed by atoms with Crippen molar-refractivity contribution in [3.05, 3.63) is 0 Å². The molecule has 1 aliphatic heterocycles. The fourth-order valence-electron chi connectivity index (χ4n) is 1.89. The summed E-state index contributed by atoms with van der Waals surface area (Å²) in [6, 6.07) is -0.429. The molecule has 1 saturated heterocycles. The lowest BCUT2D eigenvalue weighted by Gasteiger charge is -2.36. The molecule has 0 aliphatic carbocycles.